The lowest BCUT2D eigenvalue weighted by Crippen LogP contribution is -2.47. The number of methoxy groups -OCH3 is 1. The van der Waals surface area contributed by atoms with Gasteiger partial charge in [0.2, 0.25) is 0 Å². The quantitative estimate of drug-likeness (QED) is 0.867. The van der Waals surface area contributed by atoms with E-state index >= 15 is 0 Å². The number of amides is 3. The normalized spacial score (nSPS) is 14.5. The van der Waals surface area contributed by atoms with Crippen molar-refractivity contribution in [2.45, 2.75) is 18.9 Å². The molecule has 7 heteroatoms. The van der Waals surface area contributed by atoms with E-state index in [9.17, 15) is 14.0 Å². The minimum absolute atomic E-state index is 0.0377. The molecule has 0 unspecified atom stereocenters. The third-order valence-corrected chi connectivity index (χ3v) is 4.56. The number of nitrogens with one attached hydrogen (secondary N) is 2. The third-order valence-electron chi connectivity index (χ3n) is 4.56. The topological polar surface area (TPSA) is 70.7 Å². The van der Waals surface area contributed by atoms with E-state index in [-0.39, 0.29) is 17.6 Å². The molecule has 0 atom stereocenters. The molecule has 6 nitrogen and oxygen atoms in total. The van der Waals surface area contributed by atoms with Crippen LogP contribution in [0.1, 0.15) is 23.2 Å². The molecule has 3 amide bonds. The number of piperidine rings is 1. The zero-order valence-corrected chi connectivity index (χ0v) is 15.1. The molecule has 0 bridgehead atoms. The van der Waals surface area contributed by atoms with E-state index in [0.717, 1.165) is 0 Å². The van der Waals surface area contributed by atoms with Gasteiger partial charge in [-0.3, -0.25) is 4.79 Å². The number of hydrogen-bond donors (Lipinski definition) is 2. The first-order valence-corrected chi connectivity index (χ1v) is 8.82. The fourth-order valence-electron chi connectivity index (χ4n) is 3.04. The molecule has 0 spiro atoms. The van der Waals surface area contributed by atoms with Crippen molar-refractivity contribution in [3.05, 3.63) is 59.9 Å². The zero-order chi connectivity index (χ0) is 19.2. The van der Waals surface area contributed by atoms with Crippen molar-refractivity contribution in [2.75, 3.05) is 25.5 Å². The van der Waals surface area contributed by atoms with Crippen molar-refractivity contribution in [2.24, 2.45) is 0 Å². The number of ether oxygens (including phenoxy) is 1. The lowest BCUT2D eigenvalue weighted by molar-refractivity contribution is 0.0915. The third kappa shape index (κ3) is 4.75. The summed E-state index contributed by atoms with van der Waals surface area (Å²) in [6.45, 7) is 1.02. The second-order valence-corrected chi connectivity index (χ2v) is 6.38. The van der Waals surface area contributed by atoms with Gasteiger partial charge >= 0.3 is 6.03 Å². The number of carbonyl (C=O) groups excluding carboxylic acids is 2. The Labute approximate surface area is 157 Å². The van der Waals surface area contributed by atoms with E-state index in [2.05, 4.69) is 10.6 Å². The Morgan fingerprint density at radius 3 is 2.56 bits per heavy atom. The molecule has 3 rings (SSSR count). The van der Waals surface area contributed by atoms with Crippen molar-refractivity contribution < 1.29 is 18.7 Å². The van der Waals surface area contributed by atoms with Gasteiger partial charge in [0.05, 0.1) is 12.7 Å². The van der Waals surface area contributed by atoms with Crippen molar-refractivity contribution in [1.29, 1.82) is 0 Å². The number of halogens is 1. The first-order chi connectivity index (χ1) is 13.1. The Morgan fingerprint density at radius 2 is 1.85 bits per heavy atom. The molecule has 2 aromatic rings. The molecule has 1 saturated heterocycles. The van der Waals surface area contributed by atoms with Crippen LogP contribution >= 0.6 is 0 Å². The predicted molar refractivity (Wildman–Crippen MR) is 100 cm³/mol. The number of carbonyl (C=O) groups is 2. The number of likely N-dealkylation sites (tertiary alicyclic amines) is 1. The summed E-state index contributed by atoms with van der Waals surface area (Å²) in [5.41, 5.74) is 0.699. The highest BCUT2D eigenvalue weighted by molar-refractivity contribution is 5.94. The molecular formula is C20H22FN3O3. The number of benzene rings is 2. The highest BCUT2D eigenvalue weighted by Crippen LogP contribution is 2.18. The van der Waals surface area contributed by atoms with E-state index in [4.69, 9.17) is 4.74 Å². The molecule has 0 radical (unpaired) electrons. The fourth-order valence-corrected chi connectivity index (χ4v) is 3.04. The summed E-state index contributed by atoms with van der Waals surface area (Å²) in [4.78, 5) is 26.3. The molecular weight excluding hydrogens is 349 g/mol. The molecule has 2 aromatic carbocycles. The van der Waals surface area contributed by atoms with Crippen LogP contribution in [-0.4, -0.2) is 43.1 Å². The lowest BCUT2D eigenvalue weighted by Gasteiger charge is -2.32. The maximum absolute atomic E-state index is 13.7. The Kier molecular flexibility index (Phi) is 5.90. The maximum Gasteiger partial charge on any atom is 0.321 e. The SMILES string of the molecule is COc1cccc(NC(=O)N2CCC(NC(=O)c3ccccc3F)CC2)c1. The number of hydrogen-bond acceptors (Lipinski definition) is 3. The first-order valence-electron chi connectivity index (χ1n) is 8.82. The van der Waals surface area contributed by atoms with Crippen LogP contribution in [0, 0.1) is 5.82 Å². The Hall–Kier alpha value is -3.09. The summed E-state index contributed by atoms with van der Waals surface area (Å²) in [7, 11) is 1.57. The minimum atomic E-state index is -0.537. The number of nitrogens with zero attached hydrogens (tertiary/aromatic N) is 1. The molecule has 27 heavy (non-hydrogen) atoms. The van der Waals surface area contributed by atoms with Crippen LogP contribution in [0.5, 0.6) is 5.75 Å². The summed E-state index contributed by atoms with van der Waals surface area (Å²) >= 11 is 0. The molecule has 142 valence electrons. The van der Waals surface area contributed by atoms with Crippen LogP contribution in [0.2, 0.25) is 0 Å². The van der Waals surface area contributed by atoms with Crippen molar-refractivity contribution in [3.63, 3.8) is 0 Å². The predicted octanol–water partition coefficient (Wildman–Crippen LogP) is 3.26. The van der Waals surface area contributed by atoms with Gasteiger partial charge < -0.3 is 20.3 Å². The minimum Gasteiger partial charge on any atom is -0.497 e. The molecule has 1 heterocycles. The maximum atomic E-state index is 13.7. The van der Waals surface area contributed by atoms with Crippen LogP contribution in [0.15, 0.2) is 48.5 Å². The van der Waals surface area contributed by atoms with Crippen molar-refractivity contribution in [1.82, 2.24) is 10.2 Å². The van der Waals surface area contributed by atoms with Gasteiger partial charge in [0, 0.05) is 30.9 Å². The van der Waals surface area contributed by atoms with Crippen LogP contribution in [-0.2, 0) is 0 Å². The summed E-state index contributed by atoms with van der Waals surface area (Å²) in [5, 5.41) is 5.69. The van der Waals surface area contributed by atoms with Gasteiger partial charge in [-0.05, 0) is 37.1 Å². The highest BCUT2D eigenvalue weighted by Gasteiger charge is 2.25. The van der Waals surface area contributed by atoms with E-state index in [1.165, 1.54) is 12.1 Å². The molecule has 0 aliphatic carbocycles. The monoisotopic (exact) mass is 371 g/mol. The van der Waals surface area contributed by atoms with Gasteiger partial charge in [-0.15, -0.1) is 0 Å². The average molecular weight is 371 g/mol. The number of anilines is 1. The molecule has 1 fully saturated rings. The lowest BCUT2D eigenvalue weighted by atomic mass is 10.0. The van der Waals surface area contributed by atoms with Crippen molar-refractivity contribution in [3.8, 4) is 5.75 Å². The summed E-state index contributed by atoms with van der Waals surface area (Å²) in [6, 6.07) is 12.8. The summed E-state index contributed by atoms with van der Waals surface area (Å²) in [6.07, 6.45) is 1.23. The van der Waals surface area contributed by atoms with Crippen LogP contribution in [0.4, 0.5) is 14.9 Å². The molecule has 0 saturated carbocycles. The molecule has 2 N–H and O–H groups in total. The smallest absolute Gasteiger partial charge is 0.321 e. The molecule has 1 aliphatic heterocycles. The van der Waals surface area contributed by atoms with E-state index in [1.54, 1.807) is 48.4 Å². The van der Waals surface area contributed by atoms with Crippen LogP contribution in [0.3, 0.4) is 0 Å². The second-order valence-electron chi connectivity index (χ2n) is 6.38. The van der Waals surface area contributed by atoms with E-state index < -0.39 is 11.7 Å². The average Bonchev–Trinajstić information content (AvgIpc) is 2.69. The van der Waals surface area contributed by atoms with Gasteiger partial charge in [0.15, 0.2) is 0 Å². The summed E-state index contributed by atoms with van der Waals surface area (Å²) in [5.74, 6) is -0.292. The van der Waals surface area contributed by atoms with Gasteiger partial charge in [0.1, 0.15) is 11.6 Å². The van der Waals surface area contributed by atoms with E-state index in [1.807, 2.05) is 0 Å². The standard InChI is InChI=1S/C20H22FN3O3/c1-27-16-6-4-5-15(13-16)23-20(26)24-11-9-14(10-12-24)22-19(25)17-7-2-3-8-18(17)21/h2-8,13-14H,9-12H2,1H3,(H,22,25)(H,23,26). The van der Waals surface area contributed by atoms with Gasteiger partial charge in [0.25, 0.3) is 5.91 Å². The fraction of sp³-hybridized carbons (Fsp3) is 0.300. The largest absolute Gasteiger partial charge is 0.497 e. The molecule has 0 aromatic heterocycles. The Bertz CT molecular complexity index is 820. The van der Waals surface area contributed by atoms with Gasteiger partial charge in [-0.25, -0.2) is 9.18 Å². The summed E-state index contributed by atoms with van der Waals surface area (Å²) < 4.78 is 18.8. The number of rotatable bonds is 4. The Balaban J connectivity index is 1.50. The van der Waals surface area contributed by atoms with Gasteiger partial charge in [-0.1, -0.05) is 18.2 Å². The molecule has 1 aliphatic rings. The number of urea groups is 1. The van der Waals surface area contributed by atoms with Gasteiger partial charge in [-0.2, -0.15) is 0 Å². The Morgan fingerprint density at radius 1 is 1.11 bits per heavy atom. The van der Waals surface area contributed by atoms with Crippen LogP contribution < -0.4 is 15.4 Å². The second kappa shape index (κ2) is 8.53. The van der Waals surface area contributed by atoms with E-state index in [0.29, 0.717) is 37.4 Å². The first kappa shape index (κ1) is 18.7. The highest BCUT2D eigenvalue weighted by atomic mass is 19.1. The van der Waals surface area contributed by atoms with Crippen molar-refractivity contribution >= 4 is 17.6 Å². The zero-order valence-electron chi connectivity index (χ0n) is 15.1. The van der Waals surface area contributed by atoms with Crippen LogP contribution in [0.25, 0.3) is 0 Å².